The highest BCUT2D eigenvalue weighted by Crippen LogP contribution is 2.16. The number of rotatable bonds is 4. The second kappa shape index (κ2) is 7.17. The first-order valence-electron chi connectivity index (χ1n) is 8.85. The number of piperazine rings is 1. The smallest absolute Gasteiger partial charge is 0.318 e. The van der Waals surface area contributed by atoms with Crippen LogP contribution in [0.15, 0.2) is 30.3 Å². The first-order valence-corrected chi connectivity index (χ1v) is 8.85. The van der Waals surface area contributed by atoms with E-state index in [4.69, 9.17) is 0 Å². The van der Waals surface area contributed by atoms with Crippen molar-refractivity contribution in [3.63, 3.8) is 0 Å². The number of fused-ring (bicyclic) bond motifs is 1. The zero-order chi connectivity index (χ0) is 18.0. The number of nitrogens with zero attached hydrogens (tertiary/aromatic N) is 2. The lowest BCUT2D eigenvalue weighted by molar-refractivity contribution is -0.139. The number of carbonyl (C=O) groups excluding carboxylic acids is 2. The van der Waals surface area contributed by atoms with Gasteiger partial charge in [-0.25, -0.2) is 4.79 Å². The monoisotopic (exact) mass is 342 g/mol. The van der Waals surface area contributed by atoms with Crippen LogP contribution in [0.4, 0.5) is 4.79 Å². The van der Waals surface area contributed by atoms with Gasteiger partial charge in [-0.3, -0.25) is 4.79 Å². The lowest BCUT2D eigenvalue weighted by Gasteiger charge is -2.39. The maximum absolute atomic E-state index is 12.5. The minimum absolute atomic E-state index is 0.0284. The van der Waals surface area contributed by atoms with E-state index in [1.54, 1.807) is 11.8 Å². The van der Waals surface area contributed by atoms with Gasteiger partial charge < -0.3 is 20.1 Å². The molecule has 134 valence electrons. The lowest BCUT2D eigenvalue weighted by atomic mass is 10.1. The second-order valence-corrected chi connectivity index (χ2v) is 7.09. The molecule has 0 bridgehead atoms. The molecule has 0 spiro atoms. The average Bonchev–Trinajstić information content (AvgIpc) is 2.99. The molecule has 2 heterocycles. The molecule has 6 heteroatoms. The van der Waals surface area contributed by atoms with Crippen molar-refractivity contribution in [1.82, 2.24) is 20.1 Å². The summed E-state index contributed by atoms with van der Waals surface area (Å²) in [5.41, 5.74) is 2.00. The van der Waals surface area contributed by atoms with Crippen molar-refractivity contribution in [3.05, 3.63) is 36.0 Å². The van der Waals surface area contributed by atoms with Crippen LogP contribution in [0.25, 0.3) is 10.9 Å². The van der Waals surface area contributed by atoms with Gasteiger partial charge in [0.25, 0.3) is 0 Å². The van der Waals surface area contributed by atoms with E-state index in [0.29, 0.717) is 25.6 Å². The summed E-state index contributed by atoms with van der Waals surface area (Å²) in [7, 11) is 0. The maximum Gasteiger partial charge on any atom is 0.318 e. The highest BCUT2D eigenvalue weighted by atomic mass is 16.2. The van der Waals surface area contributed by atoms with E-state index < -0.39 is 6.04 Å². The predicted molar refractivity (Wildman–Crippen MR) is 98.1 cm³/mol. The third-order valence-corrected chi connectivity index (χ3v) is 4.61. The van der Waals surface area contributed by atoms with Gasteiger partial charge in [0.1, 0.15) is 6.04 Å². The van der Waals surface area contributed by atoms with E-state index in [2.05, 4.69) is 24.1 Å². The Bertz CT molecular complexity index is 735. The fourth-order valence-electron chi connectivity index (χ4n) is 3.33. The number of aromatic amines is 1. The third kappa shape index (κ3) is 3.78. The SMILES string of the molecule is CC(C)CN1CCN(C(=O)NCc2cc3ccccc3[nH]2)[C@@H](C)C1=O. The summed E-state index contributed by atoms with van der Waals surface area (Å²) in [4.78, 5) is 31.7. The molecule has 0 aliphatic carbocycles. The first-order chi connectivity index (χ1) is 12.0. The Hall–Kier alpha value is -2.50. The average molecular weight is 342 g/mol. The Morgan fingerprint density at radius 2 is 2.08 bits per heavy atom. The first kappa shape index (κ1) is 17.3. The number of benzene rings is 1. The van der Waals surface area contributed by atoms with Crippen LogP contribution >= 0.6 is 0 Å². The van der Waals surface area contributed by atoms with Crippen molar-refractivity contribution in [2.45, 2.75) is 33.4 Å². The number of para-hydroxylation sites is 1. The number of amides is 3. The molecule has 1 aliphatic heterocycles. The Labute approximate surface area is 148 Å². The molecule has 1 fully saturated rings. The minimum Gasteiger partial charge on any atom is -0.357 e. The van der Waals surface area contributed by atoms with Crippen LogP contribution in [0.5, 0.6) is 0 Å². The van der Waals surface area contributed by atoms with Gasteiger partial charge in [0.15, 0.2) is 0 Å². The molecule has 1 aliphatic rings. The molecule has 2 N–H and O–H groups in total. The number of aromatic nitrogens is 1. The van der Waals surface area contributed by atoms with Crippen LogP contribution < -0.4 is 5.32 Å². The van der Waals surface area contributed by atoms with Crippen LogP contribution in [-0.4, -0.2) is 52.4 Å². The molecular weight excluding hydrogens is 316 g/mol. The van der Waals surface area contributed by atoms with Gasteiger partial charge in [-0.2, -0.15) is 0 Å². The summed E-state index contributed by atoms with van der Waals surface area (Å²) in [5, 5.41) is 4.04. The molecule has 6 nitrogen and oxygen atoms in total. The molecule has 0 saturated carbocycles. The predicted octanol–water partition coefficient (Wildman–Crippen LogP) is 2.57. The molecule has 1 atom stereocenters. The second-order valence-electron chi connectivity index (χ2n) is 7.09. The minimum atomic E-state index is -0.421. The molecule has 2 aromatic rings. The standard InChI is InChI=1S/C19H26N4O2/c1-13(2)12-22-8-9-23(14(3)18(22)24)19(25)20-11-16-10-15-6-4-5-7-17(15)21-16/h4-7,10,13-14,21H,8-9,11-12H2,1-3H3,(H,20,25)/t14-/m0/s1. The number of urea groups is 1. The third-order valence-electron chi connectivity index (χ3n) is 4.61. The van der Waals surface area contributed by atoms with Crippen LogP contribution in [0.3, 0.4) is 0 Å². The number of nitrogens with one attached hydrogen (secondary N) is 2. The Kier molecular flexibility index (Phi) is 4.97. The summed E-state index contributed by atoms with van der Waals surface area (Å²) in [6.07, 6.45) is 0. The van der Waals surface area contributed by atoms with Gasteiger partial charge in [-0.1, -0.05) is 32.0 Å². The number of hydrogen-bond acceptors (Lipinski definition) is 2. The van der Waals surface area contributed by atoms with Crippen LogP contribution in [0.1, 0.15) is 26.5 Å². The van der Waals surface area contributed by atoms with E-state index in [-0.39, 0.29) is 11.9 Å². The van der Waals surface area contributed by atoms with Crippen molar-refractivity contribution in [2.75, 3.05) is 19.6 Å². The van der Waals surface area contributed by atoms with Gasteiger partial charge in [0.2, 0.25) is 5.91 Å². The Morgan fingerprint density at radius 1 is 1.32 bits per heavy atom. The molecule has 3 amide bonds. The Balaban J connectivity index is 1.58. The molecule has 1 aromatic heterocycles. The maximum atomic E-state index is 12.5. The van der Waals surface area contributed by atoms with Gasteiger partial charge >= 0.3 is 6.03 Å². The zero-order valence-electron chi connectivity index (χ0n) is 15.1. The summed E-state index contributed by atoms with van der Waals surface area (Å²) in [6, 6.07) is 9.43. The van der Waals surface area contributed by atoms with E-state index in [1.807, 2.05) is 35.2 Å². The van der Waals surface area contributed by atoms with E-state index >= 15 is 0 Å². The van der Waals surface area contributed by atoms with Crippen molar-refractivity contribution in [2.24, 2.45) is 5.92 Å². The molecule has 0 unspecified atom stereocenters. The Morgan fingerprint density at radius 3 is 2.80 bits per heavy atom. The summed E-state index contributed by atoms with van der Waals surface area (Å²) >= 11 is 0. The zero-order valence-corrected chi connectivity index (χ0v) is 15.1. The quantitative estimate of drug-likeness (QED) is 0.897. The topological polar surface area (TPSA) is 68.4 Å². The van der Waals surface area contributed by atoms with Gasteiger partial charge in [0.05, 0.1) is 6.54 Å². The van der Waals surface area contributed by atoms with Crippen molar-refractivity contribution in [3.8, 4) is 0 Å². The fraction of sp³-hybridized carbons (Fsp3) is 0.474. The molecule has 0 radical (unpaired) electrons. The van der Waals surface area contributed by atoms with E-state index in [9.17, 15) is 9.59 Å². The number of hydrogen-bond donors (Lipinski definition) is 2. The highest BCUT2D eigenvalue weighted by molar-refractivity contribution is 5.88. The van der Waals surface area contributed by atoms with Crippen LogP contribution in [0.2, 0.25) is 0 Å². The largest absolute Gasteiger partial charge is 0.357 e. The van der Waals surface area contributed by atoms with Gasteiger partial charge in [-0.05, 0) is 30.4 Å². The van der Waals surface area contributed by atoms with Crippen molar-refractivity contribution < 1.29 is 9.59 Å². The van der Waals surface area contributed by atoms with E-state index in [1.165, 1.54) is 0 Å². The van der Waals surface area contributed by atoms with E-state index in [0.717, 1.165) is 23.1 Å². The fourth-order valence-corrected chi connectivity index (χ4v) is 3.33. The summed E-state index contributed by atoms with van der Waals surface area (Å²) in [6.45, 7) is 8.32. The molecule has 1 aromatic carbocycles. The molecular formula is C19H26N4O2. The molecule has 1 saturated heterocycles. The van der Waals surface area contributed by atoms with Gasteiger partial charge in [0, 0.05) is 30.8 Å². The number of carbonyl (C=O) groups is 2. The summed E-state index contributed by atoms with van der Waals surface area (Å²) in [5.74, 6) is 0.458. The highest BCUT2D eigenvalue weighted by Gasteiger charge is 2.34. The lowest BCUT2D eigenvalue weighted by Crippen LogP contribution is -2.59. The van der Waals surface area contributed by atoms with Crippen molar-refractivity contribution >= 4 is 22.8 Å². The normalized spacial score (nSPS) is 18.2. The van der Waals surface area contributed by atoms with Crippen LogP contribution in [0, 0.1) is 5.92 Å². The molecule has 25 heavy (non-hydrogen) atoms. The van der Waals surface area contributed by atoms with Crippen LogP contribution in [-0.2, 0) is 11.3 Å². The molecule has 3 rings (SSSR count). The summed E-state index contributed by atoms with van der Waals surface area (Å²) < 4.78 is 0. The van der Waals surface area contributed by atoms with Crippen molar-refractivity contribution in [1.29, 1.82) is 0 Å². The number of H-pyrrole nitrogens is 1. The van der Waals surface area contributed by atoms with Gasteiger partial charge in [-0.15, -0.1) is 0 Å².